The van der Waals surface area contributed by atoms with Crippen LogP contribution in [0, 0.1) is 0 Å². The normalized spacial score (nSPS) is 19.1. The molecule has 3 rings (SSSR count). The maximum atomic E-state index is 13.0. The van der Waals surface area contributed by atoms with Gasteiger partial charge in [-0.3, -0.25) is 4.21 Å². The minimum atomic E-state index is -1.46. The second kappa shape index (κ2) is 8.10. The molecule has 146 valence electrons. The first kappa shape index (κ1) is 20.0. The Bertz CT molecular complexity index is 869. The molecule has 2 heterocycles. The predicted molar refractivity (Wildman–Crippen MR) is 106 cm³/mol. The van der Waals surface area contributed by atoms with Crippen molar-refractivity contribution in [3.8, 4) is 0 Å². The van der Waals surface area contributed by atoms with E-state index >= 15 is 0 Å². The van der Waals surface area contributed by atoms with E-state index in [-0.39, 0.29) is 28.1 Å². The number of fused-ring (bicyclic) bond motifs is 1. The van der Waals surface area contributed by atoms with Crippen molar-refractivity contribution >= 4 is 39.5 Å². The van der Waals surface area contributed by atoms with Crippen molar-refractivity contribution in [1.82, 2.24) is 14.9 Å². The fourth-order valence-corrected chi connectivity index (χ4v) is 4.77. The second-order valence-corrected chi connectivity index (χ2v) is 9.41. The summed E-state index contributed by atoms with van der Waals surface area (Å²) in [5, 5.41) is 0.414. The lowest BCUT2D eigenvalue weighted by atomic mass is 10.0. The van der Waals surface area contributed by atoms with Gasteiger partial charge in [-0.05, 0) is 52.2 Å². The van der Waals surface area contributed by atoms with Gasteiger partial charge in [0, 0.05) is 12.6 Å². The van der Waals surface area contributed by atoms with Crippen LogP contribution in [0.1, 0.15) is 40.0 Å². The number of carbonyl (C=O) groups excluding carboxylic acids is 1. The minimum Gasteiger partial charge on any atom is -0.444 e. The number of nitrogens with zero attached hydrogens (tertiary/aromatic N) is 3. The quantitative estimate of drug-likeness (QED) is 0.760. The SMILES string of the molecule is CC(C)(C)OC(=O)N1CCCC[C@H]1C[S@](=O)c1nc2ccccc2nc1Cl. The van der Waals surface area contributed by atoms with Crippen molar-refractivity contribution < 1.29 is 13.7 Å². The van der Waals surface area contributed by atoms with E-state index in [2.05, 4.69) is 9.97 Å². The van der Waals surface area contributed by atoms with Crippen molar-refractivity contribution in [3.05, 3.63) is 29.4 Å². The van der Waals surface area contributed by atoms with Gasteiger partial charge < -0.3 is 9.64 Å². The molecular formula is C19H24ClN3O3S. The Labute approximate surface area is 166 Å². The molecule has 2 aromatic rings. The van der Waals surface area contributed by atoms with E-state index in [9.17, 15) is 9.00 Å². The van der Waals surface area contributed by atoms with Gasteiger partial charge in [-0.25, -0.2) is 14.8 Å². The first-order chi connectivity index (χ1) is 12.7. The van der Waals surface area contributed by atoms with E-state index in [1.807, 2.05) is 45.0 Å². The van der Waals surface area contributed by atoms with Gasteiger partial charge in [-0.15, -0.1) is 0 Å². The van der Waals surface area contributed by atoms with Gasteiger partial charge in [0.1, 0.15) is 5.60 Å². The maximum absolute atomic E-state index is 13.0. The molecule has 2 atom stereocenters. The number of piperidine rings is 1. The Kier molecular flexibility index (Phi) is 6.01. The smallest absolute Gasteiger partial charge is 0.410 e. The highest BCUT2D eigenvalue weighted by atomic mass is 35.5. The molecule has 0 N–H and O–H groups in total. The van der Waals surface area contributed by atoms with Crippen molar-refractivity contribution in [2.45, 2.75) is 56.7 Å². The number of aromatic nitrogens is 2. The summed E-state index contributed by atoms with van der Waals surface area (Å²) in [4.78, 5) is 23.0. The number of benzene rings is 1. The number of hydrogen-bond donors (Lipinski definition) is 0. The van der Waals surface area contributed by atoms with Gasteiger partial charge in [0.25, 0.3) is 0 Å². The standard InChI is InChI=1S/C19H24ClN3O3S/c1-19(2,3)26-18(24)23-11-7-6-8-13(23)12-27(25)17-16(20)21-14-9-4-5-10-15(14)22-17/h4-5,9-10,13H,6-8,11-12H2,1-3H3/t13-,27-/m0/s1. The van der Waals surface area contributed by atoms with E-state index in [4.69, 9.17) is 16.3 Å². The van der Waals surface area contributed by atoms with E-state index in [0.717, 1.165) is 19.3 Å². The molecule has 1 aromatic carbocycles. The van der Waals surface area contributed by atoms with Crippen LogP contribution in [-0.2, 0) is 15.5 Å². The summed E-state index contributed by atoms with van der Waals surface area (Å²) in [6.45, 7) is 6.12. The maximum Gasteiger partial charge on any atom is 0.410 e. The van der Waals surface area contributed by atoms with Crippen molar-refractivity contribution in [2.75, 3.05) is 12.3 Å². The molecule has 27 heavy (non-hydrogen) atoms. The molecule has 1 aliphatic rings. The molecule has 6 nitrogen and oxygen atoms in total. The van der Waals surface area contributed by atoms with Crippen LogP contribution in [0.4, 0.5) is 4.79 Å². The number of hydrogen-bond acceptors (Lipinski definition) is 5. The molecule has 1 aliphatic heterocycles. The highest BCUT2D eigenvalue weighted by Crippen LogP contribution is 2.25. The Hall–Kier alpha value is -1.73. The van der Waals surface area contributed by atoms with Gasteiger partial charge in [-0.1, -0.05) is 23.7 Å². The Balaban J connectivity index is 1.79. The number of para-hydroxylation sites is 2. The van der Waals surface area contributed by atoms with Crippen LogP contribution in [-0.4, -0.2) is 49.1 Å². The fourth-order valence-electron chi connectivity index (χ4n) is 3.10. The van der Waals surface area contributed by atoms with E-state index < -0.39 is 16.4 Å². The highest BCUT2D eigenvalue weighted by molar-refractivity contribution is 7.85. The molecule has 1 saturated heterocycles. The molecule has 1 amide bonds. The first-order valence-electron chi connectivity index (χ1n) is 9.05. The topological polar surface area (TPSA) is 72.4 Å². The predicted octanol–water partition coefficient (Wildman–Crippen LogP) is 4.18. The lowest BCUT2D eigenvalue weighted by Gasteiger charge is -2.36. The zero-order valence-electron chi connectivity index (χ0n) is 15.8. The van der Waals surface area contributed by atoms with Gasteiger partial charge in [0.05, 0.1) is 27.6 Å². The number of amides is 1. The third-order valence-electron chi connectivity index (χ3n) is 4.31. The molecular weight excluding hydrogens is 386 g/mol. The summed E-state index contributed by atoms with van der Waals surface area (Å²) in [6.07, 6.45) is 2.32. The van der Waals surface area contributed by atoms with Crippen LogP contribution in [0.3, 0.4) is 0 Å². The number of carbonyl (C=O) groups is 1. The lowest BCUT2D eigenvalue weighted by molar-refractivity contribution is 0.0125. The van der Waals surface area contributed by atoms with E-state index in [0.29, 0.717) is 17.6 Å². The summed E-state index contributed by atoms with van der Waals surface area (Å²) < 4.78 is 18.5. The van der Waals surface area contributed by atoms with Crippen molar-refractivity contribution in [1.29, 1.82) is 0 Å². The zero-order chi connectivity index (χ0) is 19.6. The van der Waals surface area contributed by atoms with Gasteiger partial charge in [0.15, 0.2) is 10.2 Å². The largest absolute Gasteiger partial charge is 0.444 e. The van der Waals surface area contributed by atoms with Gasteiger partial charge >= 0.3 is 6.09 Å². The summed E-state index contributed by atoms with van der Waals surface area (Å²) in [5.74, 6) is 0.270. The minimum absolute atomic E-state index is 0.145. The molecule has 0 aliphatic carbocycles. The van der Waals surface area contributed by atoms with E-state index in [1.165, 1.54) is 0 Å². The summed E-state index contributed by atoms with van der Waals surface area (Å²) in [5.41, 5.74) is 0.750. The highest BCUT2D eigenvalue weighted by Gasteiger charge is 2.32. The molecule has 0 unspecified atom stereocenters. The first-order valence-corrected chi connectivity index (χ1v) is 10.7. The lowest BCUT2D eigenvalue weighted by Crippen LogP contribution is -2.48. The number of likely N-dealkylation sites (tertiary alicyclic amines) is 1. The molecule has 1 fully saturated rings. The molecule has 0 spiro atoms. The molecule has 0 radical (unpaired) electrons. The molecule has 1 aromatic heterocycles. The fraction of sp³-hybridized carbons (Fsp3) is 0.526. The van der Waals surface area contributed by atoms with Crippen molar-refractivity contribution in [3.63, 3.8) is 0 Å². The van der Waals surface area contributed by atoms with Crippen molar-refractivity contribution in [2.24, 2.45) is 0 Å². The third kappa shape index (κ3) is 4.96. The van der Waals surface area contributed by atoms with Gasteiger partial charge in [-0.2, -0.15) is 0 Å². The van der Waals surface area contributed by atoms with Crippen LogP contribution >= 0.6 is 11.6 Å². The number of rotatable bonds is 3. The Morgan fingerprint density at radius 1 is 1.26 bits per heavy atom. The van der Waals surface area contributed by atoms with E-state index in [1.54, 1.807) is 4.90 Å². The van der Waals surface area contributed by atoms with Crippen LogP contribution < -0.4 is 0 Å². The summed E-state index contributed by atoms with van der Waals surface area (Å²) in [6, 6.07) is 7.16. The van der Waals surface area contributed by atoms with Crippen LogP contribution in [0.2, 0.25) is 5.15 Å². The Morgan fingerprint density at radius 2 is 1.93 bits per heavy atom. The molecule has 8 heteroatoms. The molecule has 0 saturated carbocycles. The zero-order valence-corrected chi connectivity index (χ0v) is 17.3. The second-order valence-electron chi connectivity index (χ2n) is 7.64. The third-order valence-corrected chi connectivity index (χ3v) is 6.09. The van der Waals surface area contributed by atoms with Crippen LogP contribution in [0.5, 0.6) is 0 Å². The average molecular weight is 410 g/mol. The summed E-state index contributed by atoms with van der Waals surface area (Å²) >= 11 is 6.23. The van der Waals surface area contributed by atoms with Crippen LogP contribution in [0.25, 0.3) is 11.0 Å². The average Bonchev–Trinajstić information content (AvgIpc) is 2.60. The number of halogens is 1. The molecule has 0 bridgehead atoms. The number of ether oxygens (including phenoxy) is 1. The van der Waals surface area contributed by atoms with Crippen LogP contribution in [0.15, 0.2) is 29.3 Å². The summed E-state index contributed by atoms with van der Waals surface area (Å²) in [7, 11) is -1.46. The Morgan fingerprint density at radius 3 is 2.59 bits per heavy atom. The van der Waals surface area contributed by atoms with Gasteiger partial charge in [0.2, 0.25) is 0 Å². The monoisotopic (exact) mass is 409 g/mol.